The van der Waals surface area contributed by atoms with E-state index in [2.05, 4.69) is 15.3 Å². The molecule has 2 atom stereocenters. The van der Waals surface area contributed by atoms with Crippen LogP contribution >= 0.6 is 11.6 Å². The molecular formula is C21H22ClN3O3. The van der Waals surface area contributed by atoms with Crippen LogP contribution < -0.4 is 5.32 Å². The lowest BCUT2D eigenvalue weighted by Crippen LogP contribution is -2.28. The fraction of sp³-hybridized carbons (Fsp3) is 0.381. The predicted octanol–water partition coefficient (Wildman–Crippen LogP) is 3.12. The van der Waals surface area contributed by atoms with Crippen LogP contribution in [0.3, 0.4) is 0 Å². The smallest absolute Gasteiger partial charge is 0.273 e. The van der Waals surface area contributed by atoms with Crippen LogP contribution in [0.25, 0.3) is 0 Å². The Hall–Kier alpha value is -2.60. The van der Waals surface area contributed by atoms with Crippen LogP contribution in [0.15, 0.2) is 24.5 Å². The van der Waals surface area contributed by atoms with Gasteiger partial charge in [-0.1, -0.05) is 29.3 Å². The van der Waals surface area contributed by atoms with Crippen LogP contribution in [0.2, 0.25) is 5.15 Å². The molecule has 0 bridgehead atoms. The summed E-state index contributed by atoms with van der Waals surface area (Å²) in [5, 5.41) is 2.72. The molecule has 1 N–H and O–H groups in total. The summed E-state index contributed by atoms with van der Waals surface area (Å²) >= 11 is 5.86. The van der Waals surface area contributed by atoms with Crippen molar-refractivity contribution in [2.24, 2.45) is 5.92 Å². The fourth-order valence-electron chi connectivity index (χ4n) is 3.97. The van der Waals surface area contributed by atoms with Gasteiger partial charge < -0.3 is 5.32 Å². The molecule has 0 spiro atoms. The molecule has 28 heavy (non-hydrogen) atoms. The second kappa shape index (κ2) is 8.19. The number of carbonyl (C=O) groups is 3. The van der Waals surface area contributed by atoms with Gasteiger partial charge in [-0.05, 0) is 43.9 Å². The number of benzene rings is 1. The predicted molar refractivity (Wildman–Crippen MR) is 106 cm³/mol. The first-order valence-corrected chi connectivity index (χ1v) is 9.56. The Balaban J connectivity index is 1.66. The van der Waals surface area contributed by atoms with Crippen LogP contribution in [-0.2, 0) is 9.59 Å². The topological polar surface area (TPSA) is 89.0 Å². The van der Waals surface area contributed by atoms with E-state index in [-0.39, 0.29) is 35.4 Å². The van der Waals surface area contributed by atoms with Crippen molar-refractivity contribution >= 4 is 29.1 Å². The van der Waals surface area contributed by atoms with Gasteiger partial charge in [0.1, 0.15) is 11.7 Å². The number of carbonyl (C=O) groups excluding carboxylic acids is 3. The summed E-state index contributed by atoms with van der Waals surface area (Å²) in [6.45, 7) is 6.13. The van der Waals surface area contributed by atoms with Gasteiger partial charge in [0.05, 0.1) is 0 Å². The third kappa shape index (κ3) is 3.97. The number of aromatic nitrogens is 2. The minimum atomic E-state index is -0.698. The average Bonchev–Trinajstić information content (AvgIpc) is 2.89. The third-order valence-electron chi connectivity index (χ3n) is 5.13. The average molecular weight is 400 g/mol. The number of ketones is 2. The fourth-order valence-corrected chi connectivity index (χ4v) is 4.16. The van der Waals surface area contributed by atoms with E-state index in [1.165, 1.54) is 12.4 Å². The Kier molecular flexibility index (Phi) is 5.89. The van der Waals surface area contributed by atoms with E-state index in [0.29, 0.717) is 6.42 Å². The van der Waals surface area contributed by atoms with E-state index < -0.39 is 17.7 Å². The van der Waals surface area contributed by atoms with Gasteiger partial charge in [0.2, 0.25) is 0 Å². The number of nitrogens with one attached hydrogen (secondary N) is 1. The molecule has 3 rings (SSSR count). The summed E-state index contributed by atoms with van der Waals surface area (Å²) in [5.41, 5.74) is 3.92. The lowest BCUT2D eigenvalue weighted by molar-refractivity contribution is -0.124. The maximum absolute atomic E-state index is 12.9. The first-order valence-electron chi connectivity index (χ1n) is 9.18. The highest BCUT2D eigenvalue weighted by Gasteiger charge is 2.42. The number of nitrogens with zero attached hydrogens (tertiary/aromatic N) is 2. The van der Waals surface area contributed by atoms with Gasteiger partial charge in [-0.3, -0.25) is 14.4 Å². The van der Waals surface area contributed by atoms with Crippen LogP contribution in [0.4, 0.5) is 0 Å². The lowest BCUT2D eigenvalue weighted by Gasteiger charge is -2.16. The number of amides is 1. The second-order valence-electron chi connectivity index (χ2n) is 7.26. The molecule has 1 aliphatic carbocycles. The van der Waals surface area contributed by atoms with Gasteiger partial charge in [-0.15, -0.1) is 0 Å². The minimum Gasteiger partial charge on any atom is -0.351 e. The first kappa shape index (κ1) is 20.1. The minimum absolute atomic E-state index is 0.0255. The lowest BCUT2D eigenvalue weighted by atomic mass is 9.86. The Labute approximate surface area is 168 Å². The van der Waals surface area contributed by atoms with E-state index in [4.69, 9.17) is 11.6 Å². The molecule has 1 aromatic carbocycles. The molecule has 1 aliphatic rings. The molecule has 0 saturated heterocycles. The van der Waals surface area contributed by atoms with Crippen LogP contribution in [0.5, 0.6) is 0 Å². The molecule has 2 unspecified atom stereocenters. The highest BCUT2D eigenvalue weighted by Crippen LogP contribution is 2.37. The quantitative estimate of drug-likeness (QED) is 0.780. The molecule has 1 amide bonds. The standard InChI is InChI=1S/C21H22ClN3O3/c1-11-8-12(2)16(13(3)9-11)17-15(26)10-14(19(17)27)4-5-25-21(28)18-20(22)24-7-6-23-18/h6-9,14,17H,4-5,10H2,1-3H3,(H,25,28). The Bertz CT molecular complexity index is 935. The molecule has 146 valence electrons. The second-order valence-corrected chi connectivity index (χ2v) is 7.61. The third-order valence-corrected chi connectivity index (χ3v) is 5.41. The van der Waals surface area contributed by atoms with E-state index >= 15 is 0 Å². The number of halogens is 1. The molecular weight excluding hydrogens is 378 g/mol. The van der Waals surface area contributed by atoms with Crippen molar-refractivity contribution in [1.82, 2.24) is 15.3 Å². The Morgan fingerprint density at radius 3 is 2.43 bits per heavy atom. The van der Waals surface area contributed by atoms with Crippen molar-refractivity contribution in [2.75, 3.05) is 6.54 Å². The molecule has 7 heteroatoms. The zero-order valence-corrected chi connectivity index (χ0v) is 16.8. The summed E-state index contributed by atoms with van der Waals surface area (Å²) in [4.78, 5) is 45.4. The van der Waals surface area contributed by atoms with E-state index in [9.17, 15) is 14.4 Å². The molecule has 1 saturated carbocycles. The van der Waals surface area contributed by atoms with E-state index in [1.54, 1.807) is 0 Å². The number of rotatable bonds is 5. The van der Waals surface area contributed by atoms with Crippen molar-refractivity contribution in [3.8, 4) is 0 Å². The molecule has 1 aromatic heterocycles. The summed E-state index contributed by atoms with van der Waals surface area (Å²) in [5.74, 6) is -1.65. The summed E-state index contributed by atoms with van der Waals surface area (Å²) in [7, 11) is 0. The van der Waals surface area contributed by atoms with Crippen molar-refractivity contribution in [2.45, 2.75) is 39.5 Å². The SMILES string of the molecule is Cc1cc(C)c(C2C(=O)CC(CCNC(=O)c3nccnc3Cl)C2=O)c(C)c1. The molecule has 1 heterocycles. The van der Waals surface area contributed by atoms with Gasteiger partial charge in [-0.25, -0.2) is 9.97 Å². The summed E-state index contributed by atoms with van der Waals surface area (Å²) < 4.78 is 0. The Morgan fingerprint density at radius 1 is 1.14 bits per heavy atom. The van der Waals surface area contributed by atoms with Gasteiger partial charge >= 0.3 is 0 Å². The van der Waals surface area contributed by atoms with Gasteiger partial charge in [0, 0.05) is 31.3 Å². The molecule has 1 fully saturated rings. The van der Waals surface area contributed by atoms with Gasteiger partial charge in [0.15, 0.2) is 16.6 Å². The summed E-state index contributed by atoms with van der Waals surface area (Å²) in [6.07, 6.45) is 3.39. The largest absolute Gasteiger partial charge is 0.351 e. The zero-order valence-electron chi connectivity index (χ0n) is 16.1. The summed E-state index contributed by atoms with van der Waals surface area (Å²) in [6, 6.07) is 4.00. The van der Waals surface area contributed by atoms with Crippen LogP contribution in [0.1, 0.15) is 51.5 Å². The normalized spacial score (nSPS) is 19.1. The van der Waals surface area contributed by atoms with Crippen molar-refractivity contribution in [1.29, 1.82) is 0 Å². The maximum Gasteiger partial charge on any atom is 0.273 e. The maximum atomic E-state index is 12.9. The van der Waals surface area contributed by atoms with Gasteiger partial charge in [-0.2, -0.15) is 0 Å². The van der Waals surface area contributed by atoms with Crippen molar-refractivity contribution in [3.63, 3.8) is 0 Å². The monoisotopic (exact) mass is 399 g/mol. The molecule has 0 aliphatic heterocycles. The zero-order chi connectivity index (χ0) is 20.4. The molecule has 6 nitrogen and oxygen atoms in total. The highest BCUT2D eigenvalue weighted by atomic mass is 35.5. The van der Waals surface area contributed by atoms with E-state index in [0.717, 1.165) is 22.3 Å². The molecule has 0 radical (unpaired) electrons. The highest BCUT2D eigenvalue weighted by molar-refractivity contribution is 6.32. The molecule has 2 aromatic rings. The van der Waals surface area contributed by atoms with E-state index in [1.807, 2.05) is 32.9 Å². The number of hydrogen-bond donors (Lipinski definition) is 1. The van der Waals surface area contributed by atoms with Gasteiger partial charge in [0.25, 0.3) is 5.91 Å². The van der Waals surface area contributed by atoms with Crippen molar-refractivity contribution < 1.29 is 14.4 Å². The first-order chi connectivity index (χ1) is 13.3. The van der Waals surface area contributed by atoms with Crippen LogP contribution in [0, 0.1) is 26.7 Å². The number of Topliss-reactive ketones (excluding diaryl/α,β-unsaturated/α-hetero) is 2. The van der Waals surface area contributed by atoms with Crippen LogP contribution in [-0.4, -0.2) is 34.0 Å². The number of aryl methyl sites for hydroxylation is 3. The Morgan fingerprint density at radius 2 is 1.79 bits per heavy atom. The number of hydrogen-bond acceptors (Lipinski definition) is 5. The van der Waals surface area contributed by atoms with Crippen molar-refractivity contribution in [3.05, 3.63) is 57.6 Å².